The van der Waals surface area contributed by atoms with Gasteiger partial charge in [-0.3, -0.25) is 14.6 Å². The third kappa shape index (κ3) is 5.34. The van der Waals surface area contributed by atoms with Crippen LogP contribution < -0.4 is 5.32 Å². The molecule has 0 aliphatic carbocycles. The molecule has 4 aromatic rings. The van der Waals surface area contributed by atoms with E-state index in [1.807, 2.05) is 60.7 Å². The molecule has 0 saturated carbocycles. The van der Waals surface area contributed by atoms with Crippen LogP contribution >= 0.6 is 11.6 Å². The van der Waals surface area contributed by atoms with Gasteiger partial charge in [0, 0.05) is 23.0 Å². The monoisotopic (exact) mass is 530 g/mol. The van der Waals surface area contributed by atoms with Crippen LogP contribution in [0.15, 0.2) is 66.9 Å². The van der Waals surface area contributed by atoms with E-state index in [1.165, 1.54) is 12.3 Å². The lowest BCUT2D eigenvalue weighted by atomic mass is 10.0. The second-order valence-corrected chi connectivity index (χ2v) is 9.57. The molecule has 2 amide bonds. The van der Waals surface area contributed by atoms with Gasteiger partial charge in [0.05, 0.1) is 30.2 Å². The molecule has 0 bridgehead atoms. The number of hydrogen-bond acceptors (Lipinski definition) is 4. The van der Waals surface area contributed by atoms with Gasteiger partial charge in [-0.2, -0.15) is 5.26 Å². The Hall–Kier alpha value is -4.35. The fourth-order valence-electron chi connectivity index (χ4n) is 4.54. The number of carbonyl (C=O) groups is 2. The second-order valence-electron chi connectivity index (χ2n) is 9.13. The molecule has 1 unspecified atom stereocenters. The van der Waals surface area contributed by atoms with Gasteiger partial charge in [0.25, 0.3) is 11.8 Å². The van der Waals surface area contributed by atoms with Crippen molar-refractivity contribution in [3.05, 3.63) is 88.6 Å². The zero-order valence-electron chi connectivity index (χ0n) is 20.0. The number of likely N-dealkylation sites (tertiary alicyclic amines) is 1. The molecular weight excluding hydrogens is 510 g/mol. The van der Waals surface area contributed by atoms with Crippen molar-refractivity contribution in [1.82, 2.24) is 15.2 Å². The van der Waals surface area contributed by atoms with Crippen LogP contribution in [0.1, 0.15) is 27.9 Å². The van der Waals surface area contributed by atoms with Crippen LogP contribution in [0.5, 0.6) is 0 Å². The normalized spacial score (nSPS) is 16.7. The lowest BCUT2D eigenvalue weighted by molar-refractivity contribution is -0.131. The summed E-state index contributed by atoms with van der Waals surface area (Å²) in [6, 6.07) is 19.3. The predicted octanol–water partition coefficient (Wildman–Crippen LogP) is 5.70. The SMILES string of the molecule is N#CC1CC(F)(F)CN1C(=O)CNC(=O)c1ccnc2ccc(/C=C/c3ccc4cc(Cl)ccc4c3)cc12. The maximum absolute atomic E-state index is 13.7. The number of nitriles is 1. The average molecular weight is 531 g/mol. The first-order chi connectivity index (χ1) is 18.2. The molecule has 1 aliphatic rings. The van der Waals surface area contributed by atoms with Crippen LogP contribution in [0.2, 0.25) is 5.02 Å². The average Bonchev–Trinajstić information content (AvgIpc) is 3.24. The van der Waals surface area contributed by atoms with Crippen molar-refractivity contribution >= 4 is 57.2 Å². The van der Waals surface area contributed by atoms with E-state index in [0.29, 0.717) is 21.5 Å². The largest absolute Gasteiger partial charge is 0.343 e. The van der Waals surface area contributed by atoms with E-state index in [2.05, 4.69) is 10.3 Å². The standard InChI is InChI=1S/C29H21ClF2N4O2/c30-22-7-6-20-11-18(3-5-21(20)13-22)1-2-19-4-8-26-25(12-19)24(9-10-34-26)28(38)35-16-27(37)36-17-29(31,32)14-23(36)15-33/h1-13,23H,14,16-17H2,(H,35,38)/b2-1+. The summed E-state index contributed by atoms with van der Waals surface area (Å²) in [5, 5.41) is 15.0. The van der Waals surface area contributed by atoms with Gasteiger partial charge in [0.1, 0.15) is 6.04 Å². The molecule has 5 rings (SSSR count). The van der Waals surface area contributed by atoms with Crippen molar-refractivity contribution in [2.24, 2.45) is 0 Å². The summed E-state index contributed by atoms with van der Waals surface area (Å²) in [5.41, 5.74) is 2.71. The number of aromatic nitrogens is 1. The number of rotatable bonds is 5. The molecule has 38 heavy (non-hydrogen) atoms. The summed E-state index contributed by atoms with van der Waals surface area (Å²) < 4.78 is 27.3. The molecule has 0 radical (unpaired) electrons. The maximum atomic E-state index is 13.7. The van der Waals surface area contributed by atoms with Gasteiger partial charge >= 0.3 is 0 Å². The fourth-order valence-corrected chi connectivity index (χ4v) is 4.72. The molecule has 6 nitrogen and oxygen atoms in total. The highest BCUT2D eigenvalue weighted by Crippen LogP contribution is 2.31. The Labute approximate surface area is 222 Å². The molecule has 1 saturated heterocycles. The van der Waals surface area contributed by atoms with E-state index in [9.17, 15) is 18.4 Å². The van der Waals surface area contributed by atoms with Crippen LogP contribution in [0, 0.1) is 11.3 Å². The topological polar surface area (TPSA) is 86.1 Å². The van der Waals surface area contributed by atoms with Crippen molar-refractivity contribution < 1.29 is 18.4 Å². The van der Waals surface area contributed by atoms with E-state index in [1.54, 1.807) is 12.1 Å². The Bertz CT molecular complexity index is 1650. The van der Waals surface area contributed by atoms with E-state index in [4.69, 9.17) is 16.9 Å². The Morgan fingerprint density at radius 3 is 2.58 bits per heavy atom. The molecule has 1 atom stereocenters. The number of alkyl halides is 2. The van der Waals surface area contributed by atoms with Gasteiger partial charge in [-0.15, -0.1) is 0 Å². The van der Waals surface area contributed by atoms with Crippen molar-refractivity contribution in [2.45, 2.75) is 18.4 Å². The Kier molecular flexibility index (Phi) is 6.79. The summed E-state index contributed by atoms with van der Waals surface area (Å²) in [6.45, 7) is -1.33. The molecular formula is C29H21ClF2N4O2. The summed E-state index contributed by atoms with van der Waals surface area (Å²) in [6.07, 6.45) is 4.66. The number of amides is 2. The summed E-state index contributed by atoms with van der Waals surface area (Å²) in [4.78, 5) is 30.5. The third-order valence-electron chi connectivity index (χ3n) is 6.44. The van der Waals surface area contributed by atoms with E-state index >= 15 is 0 Å². The van der Waals surface area contributed by atoms with Gasteiger partial charge in [-0.25, -0.2) is 8.78 Å². The zero-order valence-corrected chi connectivity index (χ0v) is 20.8. The maximum Gasteiger partial charge on any atom is 0.268 e. The Balaban J connectivity index is 1.33. The molecule has 190 valence electrons. The third-order valence-corrected chi connectivity index (χ3v) is 6.68. The molecule has 1 aliphatic heterocycles. The summed E-state index contributed by atoms with van der Waals surface area (Å²) >= 11 is 6.06. The minimum absolute atomic E-state index is 0.296. The number of nitrogens with zero attached hydrogens (tertiary/aromatic N) is 3. The molecule has 1 N–H and O–H groups in total. The first-order valence-corrected chi connectivity index (χ1v) is 12.2. The van der Waals surface area contributed by atoms with E-state index in [0.717, 1.165) is 26.8 Å². The first kappa shape index (κ1) is 25.3. The summed E-state index contributed by atoms with van der Waals surface area (Å²) in [7, 11) is 0. The highest BCUT2D eigenvalue weighted by atomic mass is 35.5. The van der Waals surface area contributed by atoms with Gasteiger partial charge in [-0.05, 0) is 58.3 Å². The Morgan fingerprint density at radius 1 is 1.08 bits per heavy atom. The molecule has 9 heteroatoms. The fraction of sp³-hybridized carbons (Fsp3) is 0.172. The zero-order chi connectivity index (χ0) is 26.9. The number of nitrogens with one attached hydrogen (secondary N) is 1. The summed E-state index contributed by atoms with van der Waals surface area (Å²) in [5.74, 6) is -4.40. The minimum atomic E-state index is -3.12. The van der Waals surface area contributed by atoms with Crippen molar-refractivity contribution in [3.63, 3.8) is 0 Å². The molecule has 3 aromatic carbocycles. The molecule has 2 heterocycles. The van der Waals surface area contributed by atoms with E-state index < -0.39 is 43.3 Å². The Morgan fingerprint density at radius 2 is 1.79 bits per heavy atom. The van der Waals surface area contributed by atoms with Crippen LogP contribution in [0.25, 0.3) is 33.8 Å². The number of benzene rings is 3. The number of halogens is 3. The number of carbonyl (C=O) groups excluding carboxylic acids is 2. The molecule has 1 fully saturated rings. The van der Waals surface area contributed by atoms with Gasteiger partial charge in [-0.1, -0.05) is 48.0 Å². The minimum Gasteiger partial charge on any atom is -0.343 e. The number of pyridine rings is 1. The van der Waals surface area contributed by atoms with Crippen LogP contribution in [0.4, 0.5) is 8.78 Å². The van der Waals surface area contributed by atoms with Gasteiger partial charge in [0.15, 0.2) is 0 Å². The molecule has 1 aromatic heterocycles. The molecule has 0 spiro atoms. The highest BCUT2D eigenvalue weighted by Gasteiger charge is 2.47. The predicted molar refractivity (Wildman–Crippen MR) is 143 cm³/mol. The van der Waals surface area contributed by atoms with Crippen molar-refractivity contribution in [3.8, 4) is 6.07 Å². The van der Waals surface area contributed by atoms with Crippen molar-refractivity contribution in [2.75, 3.05) is 13.1 Å². The first-order valence-electron chi connectivity index (χ1n) is 11.8. The lowest BCUT2D eigenvalue weighted by Gasteiger charge is -2.19. The quantitative estimate of drug-likeness (QED) is 0.335. The van der Waals surface area contributed by atoms with Crippen LogP contribution in [-0.2, 0) is 4.79 Å². The smallest absolute Gasteiger partial charge is 0.268 e. The van der Waals surface area contributed by atoms with Gasteiger partial charge < -0.3 is 10.2 Å². The number of fused-ring (bicyclic) bond motifs is 2. The van der Waals surface area contributed by atoms with E-state index in [-0.39, 0.29) is 0 Å². The highest BCUT2D eigenvalue weighted by molar-refractivity contribution is 6.31. The number of hydrogen-bond donors (Lipinski definition) is 1. The second kappa shape index (κ2) is 10.2. The lowest BCUT2D eigenvalue weighted by Crippen LogP contribution is -2.43. The van der Waals surface area contributed by atoms with Gasteiger partial charge in [0.2, 0.25) is 5.91 Å². The van der Waals surface area contributed by atoms with Crippen LogP contribution in [-0.4, -0.2) is 46.8 Å². The van der Waals surface area contributed by atoms with Crippen molar-refractivity contribution in [1.29, 1.82) is 5.26 Å². The van der Waals surface area contributed by atoms with Crippen LogP contribution in [0.3, 0.4) is 0 Å².